The second-order valence-corrected chi connectivity index (χ2v) is 11.0. The number of anilines is 1. The third-order valence-corrected chi connectivity index (χ3v) is 8.26. The van der Waals surface area contributed by atoms with Gasteiger partial charge in [-0.1, -0.05) is 34.5 Å². The molecule has 146 valence electrons. The topological polar surface area (TPSA) is 83.6 Å². The zero-order chi connectivity index (χ0) is 19.7. The van der Waals surface area contributed by atoms with E-state index in [4.69, 9.17) is 0 Å². The minimum Gasteiger partial charge on any atom is -0.279 e. The highest BCUT2D eigenvalue weighted by atomic mass is 79.9. The highest BCUT2D eigenvalue weighted by Crippen LogP contribution is 2.27. The van der Waals surface area contributed by atoms with E-state index in [1.807, 2.05) is 0 Å². The molecule has 0 spiro atoms. The Bertz CT molecular complexity index is 1050. The lowest BCUT2D eigenvalue weighted by atomic mass is 10.2. The summed E-state index contributed by atoms with van der Waals surface area (Å²) >= 11 is 3.26. The normalized spacial score (nSPS) is 16.2. The van der Waals surface area contributed by atoms with Crippen LogP contribution < -0.4 is 4.72 Å². The number of piperidine rings is 1. The summed E-state index contributed by atoms with van der Waals surface area (Å²) in [5.74, 6) is 0. The largest absolute Gasteiger partial charge is 0.279 e. The summed E-state index contributed by atoms with van der Waals surface area (Å²) in [6.07, 6.45) is 2.71. The van der Waals surface area contributed by atoms with Crippen LogP contribution in [0.15, 0.2) is 56.7 Å². The Morgan fingerprint density at radius 2 is 1.63 bits per heavy atom. The molecular formula is C18H21BrN2O4S2. The number of nitrogens with zero attached hydrogens (tertiary/aromatic N) is 1. The fourth-order valence-corrected chi connectivity index (χ4v) is 6.23. The van der Waals surface area contributed by atoms with Crippen LogP contribution in [-0.2, 0) is 20.0 Å². The molecule has 1 fully saturated rings. The number of hydrogen-bond acceptors (Lipinski definition) is 4. The molecule has 0 aliphatic carbocycles. The Hall–Kier alpha value is -1.42. The second-order valence-electron chi connectivity index (χ2n) is 6.50. The maximum absolute atomic E-state index is 12.9. The first-order valence-electron chi connectivity index (χ1n) is 8.59. The zero-order valence-corrected chi connectivity index (χ0v) is 18.1. The Balaban J connectivity index is 1.94. The molecule has 3 rings (SSSR count). The molecule has 2 aromatic carbocycles. The van der Waals surface area contributed by atoms with E-state index in [-0.39, 0.29) is 15.5 Å². The lowest BCUT2D eigenvalue weighted by molar-refractivity contribution is 0.346. The van der Waals surface area contributed by atoms with Gasteiger partial charge in [-0.2, -0.15) is 4.31 Å². The maximum Gasteiger partial charge on any atom is 0.261 e. The molecule has 1 aliphatic rings. The van der Waals surface area contributed by atoms with E-state index >= 15 is 0 Å². The number of halogens is 1. The molecule has 0 amide bonds. The van der Waals surface area contributed by atoms with Gasteiger partial charge < -0.3 is 0 Å². The highest BCUT2D eigenvalue weighted by Gasteiger charge is 2.27. The van der Waals surface area contributed by atoms with E-state index in [0.717, 1.165) is 19.3 Å². The Morgan fingerprint density at radius 3 is 2.30 bits per heavy atom. The van der Waals surface area contributed by atoms with Crippen LogP contribution in [-0.4, -0.2) is 34.2 Å². The Labute approximate surface area is 168 Å². The molecular weight excluding hydrogens is 452 g/mol. The predicted octanol–water partition coefficient (Wildman–Crippen LogP) is 3.73. The molecule has 1 saturated heterocycles. The van der Waals surface area contributed by atoms with E-state index in [9.17, 15) is 16.8 Å². The van der Waals surface area contributed by atoms with Crippen LogP contribution in [0.4, 0.5) is 5.69 Å². The summed E-state index contributed by atoms with van der Waals surface area (Å²) < 4.78 is 55.7. The van der Waals surface area contributed by atoms with E-state index in [1.54, 1.807) is 25.1 Å². The summed E-state index contributed by atoms with van der Waals surface area (Å²) in [6.45, 7) is 2.72. The van der Waals surface area contributed by atoms with Crippen LogP contribution in [0.3, 0.4) is 0 Å². The summed E-state index contributed by atoms with van der Waals surface area (Å²) in [6, 6.07) is 10.9. The third kappa shape index (κ3) is 4.53. The van der Waals surface area contributed by atoms with Crippen molar-refractivity contribution in [1.82, 2.24) is 4.31 Å². The van der Waals surface area contributed by atoms with Crippen molar-refractivity contribution in [1.29, 1.82) is 0 Å². The van der Waals surface area contributed by atoms with Crippen LogP contribution >= 0.6 is 15.9 Å². The lowest BCUT2D eigenvalue weighted by Gasteiger charge is -2.26. The van der Waals surface area contributed by atoms with Gasteiger partial charge in [-0.05, 0) is 55.7 Å². The molecule has 1 heterocycles. The van der Waals surface area contributed by atoms with Crippen molar-refractivity contribution in [2.75, 3.05) is 17.8 Å². The minimum absolute atomic E-state index is 0.0977. The molecule has 9 heteroatoms. The molecule has 0 unspecified atom stereocenters. The summed E-state index contributed by atoms with van der Waals surface area (Å²) in [5, 5.41) is 0. The monoisotopic (exact) mass is 472 g/mol. The predicted molar refractivity (Wildman–Crippen MR) is 109 cm³/mol. The number of aryl methyl sites for hydroxylation is 1. The molecule has 0 bridgehead atoms. The first-order valence-corrected chi connectivity index (χ1v) is 12.3. The van der Waals surface area contributed by atoms with Gasteiger partial charge in [0.15, 0.2) is 0 Å². The van der Waals surface area contributed by atoms with E-state index in [1.165, 1.54) is 28.6 Å². The molecule has 6 nitrogen and oxygen atoms in total. The third-order valence-electron chi connectivity index (χ3n) is 4.51. The molecule has 27 heavy (non-hydrogen) atoms. The van der Waals surface area contributed by atoms with Gasteiger partial charge >= 0.3 is 0 Å². The van der Waals surface area contributed by atoms with Crippen molar-refractivity contribution in [2.45, 2.75) is 36.0 Å². The first-order chi connectivity index (χ1) is 12.7. The Morgan fingerprint density at radius 1 is 0.926 bits per heavy atom. The summed E-state index contributed by atoms with van der Waals surface area (Å²) in [4.78, 5) is 0.197. The average molecular weight is 473 g/mol. The van der Waals surface area contributed by atoms with Gasteiger partial charge in [-0.15, -0.1) is 0 Å². The van der Waals surface area contributed by atoms with Crippen molar-refractivity contribution in [3.8, 4) is 0 Å². The van der Waals surface area contributed by atoms with Crippen molar-refractivity contribution in [3.05, 3.63) is 52.5 Å². The summed E-state index contributed by atoms with van der Waals surface area (Å²) in [7, 11) is -7.47. The zero-order valence-electron chi connectivity index (χ0n) is 14.9. The molecule has 0 radical (unpaired) electrons. The quantitative estimate of drug-likeness (QED) is 0.718. The summed E-state index contributed by atoms with van der Waals surface area (Å²) in [5.41, 5.74) is 0.902. The molecule has 1 N–H and O–H groups in total. The molecule has 0 aromatic heterocycles. The molecule has 0 saturated carbocycles. The molecule has 0 atom stereocenters. The highest BCUT2D eigenvalue weighted by molar-refractivity contribution is 9.10. The van der Waals surface area contributed by atoms with Crippen LogP contribution in [0.1, 0.15) is 24.8 Å². The first kappa shape index (κ1) is 20.3. The number of rotatable bonds is 5. The van der Waals surface area contributed by atoms with Gasteiger partial charge in [0.25, 0.3) is 10.0 Å². The van der Waals surface area contributed by atoms with Crippen LogP contribution in [0.25, 0.3) is 0 Å². The van der Waals surface area contributed by atoms with Gasteiger partial charge in [0.2, 0.25) is 10.0 Å². The maximum atomic E-state index is 12.9. The number of nitrogens with one attached hydrogen (secondary N) is 1. The van der Waals surface area contributed by atoms with Crippen molar-refractivity contribution in [3.63, 3.8) is 0 Å². The number of hydrogen-bond donors (Lipinski definition) is 1. The van der Waals surface area contributed by atoms with Crippen molar-refractivity contribution >= 4 is 41.7 Å². The number of benzene rings is 2. The second kappa shape index (κ2) is 7.90. The van der Waals surface area contributed by atoms with Crippen LogP contribution in [0.2, 0.25) is 0 Å². The van der Waals surface area contributed by atoms with Crippen LogP contribution in [0, 0.1) is 6.92 Å². The van der Waals surface area contributed by atoms with Crippen molar-refractivity contribution in [2.24, 2.45) is 0 Å². The van der Waals surface area contributed by atoms with E-state index < -0.39 is 20.0 Å². The van der Waals surface area contributed by atoms with Gasteiger partial charge in [-0.25, -0.2) is 16.8 Å². The molecule has 2 aromatic rings. The van der Waals surface area contributed by atoms with E-state index in [0.29, 0.717) is 23.1 Å². The minimum atomic E-state index is -3.83. The van der Waals surface area contributed by atoms with Gasteiger partial charge in [-0.3, -0.25) is 4.72 Å². The lowest BCUT2D eigenvalue weighted by Crippen LogP contribution is -2.35. The smallest absolute Gasteiger partial charge is 0.261 e. The van der Waals surface area contributed by atoms with Crippen molar-refractivity contribution < 1.29 is 16.8 Å². The van der Waals surface area contributed by atoms with Gasteiger partial charge in [0.1, 0.15) is 0 Å². The fourth-order valence-electron chi connectivity index (χ4n) is 2.96. The van der Waals surface area contributed by atoms with Crippen LogP contribution in [0.5, 0.6) is 0 Å². The van der Waals surface area contributed by atoms with Gasteiger partial charge in [0, 0.05) is 17.6 Å². The van der Waals surface area contributed by atoms with E-state index in [2.05, 4.69) is 20.7 Å². The SMILES string of the molecule is Cc1ccc(S(=O)(=O)N2CCCCC2)cc1NS(=O)(=O)c1cccc(Br)c1. The molecule has 1 aliphatic heterocycles. The number of sulfonamides is 2. The standard InChI is InChI=1S/C18H21BrN2O4S2/c1-14-8-9-17(27(24,25)21-10-3-2-4-11-21)13-18(14)20-26(22,23)16-7-5-6-15(19)12-16/h5-9,12-13,20H,2-4,10-11H2,1H3. The Kier molecular flexibility index (Phi) is 5.95. The van der Waals surface area contributed by atoms with Gasteiger partial charge in [0.05, 0.1) is 15.5 Å². The fraction of sp³-hybridized carbons (Fsp3) is 0.333. The average Bonchev–Trinajstić information content (AvgIpc) is 2.64.